The zero-order valence-corrected chi connectivity index (χ0v) is 12.3. The maximum Gasteiger partial charge on any atom is 0.317 e. The Morgan fingerprint density at radius 1 is 1.40 bits per heavy atom. The molecular formula is C15H21ClN2O2. The summed E-state index contributed by atoms with van der Waals surface area (Å²) < 4.78 is 0. The number of amides is 2. The molecule has 110 valence electrons. The predicted octanol–water partition coefficient (Wildman–Crippen LogP) is 2.30. The molecule has 1 aromatic rings. The Morgan fingerprint density at radius 2 is 2.15 bits per heavy atom. The van der Waals surface area contributed by atoms with E-state index in [-0.39, 0.29) is 12.6 Å². The van der Waals surface area contributed by atoms with Gasteiger partial charge >= 0.3 is 6.03 Å². The lowest BCUT2D eigenvalue weighted by Gasteiger charge is -2.31. The maximum absolute atomic E-state index is 12.0. The zero-order chi connectivity index (χ0) is 14.4. The molecule has 4 nitrogen and oxygen atoms in total. The average molecular weight is 297 g/mol. The fourth-order valence-corrected chi connectivity index (χ4v) is 2.65. The first-order chi connectivity index (χ1) is 9.69. The third-order valence-electron chi connectivity index (χ3n) is 3.74. The summed E-state index contributed by atoms with van der Waals surface area (Å²) in [5.74, 6) is 0.352. The minimum absolute atomic E-state index is 0.0107. The first-order valence-corrected chi connectivity index (χ1v) is 7.45. The Labute approximate surface area is 124 Å². The van der Waals surface area contributed by atoms with E-state index >= 15 is 0 Å². The number of carbonyl (C=O) groups is 1. The van der Waals surface area contributed by atoms with Crippen LogP contribution in [0.4, 0.5) is 4.79 Å². The molecule has 0 aromatic heterocycles. The number of likely N-dealkylation sites (tertiary alicyclic amines) is 1. The summed E-state index contributed by atoms with van der Waals surface area (Å²) in [5.41, 5.74) is 1.12. The van der Waals surface area contributed by atoms with E-state index in [0.29, 0.717) is 12.5 Å². The summed E-state index contributed by atoms with van der Waals surface area (Å²) >= 11 is 5.92. The molecule has 1 aromatic carbocycles. The van der Waals surface area contributed by atoms with Crippen molar-refractivity contribution >= 4 is 17.6 Å². The van der Waals surface area contributed by atoms with Gasteiger partial charge in [0.05, 0.1) is 0 Å². The number of rotatable bonds is 4. The summed E-state index contributed by atoms with van der Waals surface area (Å²) in [6, 6.07) is 7.67. The quantitative estimate of drug-likeness (QED) is 0.896. The van der Waals surface area contributed by atoms with Gasteiger partial charge in [-0.05, 0) is 42.9 Å². The molecule has 1 saturated heterocycles. The van der Waals surface area contributed by atoms with Gasteiger partial charge in [-0.25, -0.2) is 4.79 Å². The number of carbonyl (C=O) groups excluding carboxylic acids is 1. The van der Waals surface area contributed by atoms with Crippen molar-refractivity contribution in [2.75, 3.05) is 26.2 Å². The van der Waals surface area contributed by atoms with E-state index in [0.717, 1.165) is 42.9 Å². The summed E-state index contributed by atoms with van der Waals surface area (Å²) in [4.78, 5) is 13.8. The van der Waals surface area contributed by atoms with Crippen molar-refractivity contribution in [3.8, 4) is 0 Å². The fourth-order valence-electron chi connectivity index (χ4n) is 2.44. The minimum Gasteiger partial charge on any atom is -0.396 e. The van der Waals surface area contributed by atoms with Crippen LogP contribution >= 0.6 is 11.6 Å². The van der Waals surface area contributed by atoms with E-state index < -0.39 is 0 Å². The van der Waals surface area contributed by atoms with Gasteiger partial charge in [0.2, 0.25) is 0 Å². The van der Waals surface area contributed by atoms with E-state index in [1.165, 1.54) is 0 Å². The molecule has 5 heteroatoms. The number of benzene rings is 1. The molecule has 0 aliphatic carbocycles. The molecule has 0 radical (unpaired) electrons. The molecule has 0 unspecified atom stereocenters. The first-order valence-electron chi connectivity index (χ1n) is 7.07. The zero-order valence-electron chi connectivity index (χ0n) is 11.5. The molecule has 2 rings (SSSR count). The average Bonchev–Trinajstić information content (AvgIpc) is 2.47. The second kappa shape index (κ2) is 7.50. The fraction of sp³-hybridized carbons (Fsp3) is 0.533. The van der Waals surface area contributed by atoms with Crippen molar-refractivity contribution in [2.45, 2.75) is 19.3 Å². The minimum atomic E-state index is -0.0107. The molecule has 0 bridgehead atoms. The summed E-state index contributed by atoms with van der Waals surface area (Å²) in [6.07, 6.45) is 2.55. The first kappa shape index (κ1) is 15.1. The van der Waals surface area contributed by atoms with Crippen LogP contribution in [0.5, 0.6) is 0 Å². The second-order valence-corrected chi connectivity index (χ2v) is 5.66. The number of piperidine rings is 1. The Balaban J connectivity index is 1.70. The Hall–Kier alpha value is -1.26. The lowest BCUT2D eigenvalue weighted by atomic mass is 9.98. The number of hydrogen-bond donors (Lipinski definition) is 2. The lowest BCUT2D eigenvalue weighted by Crippen LogP contribution is -2.45. The van der Waals surface area contributed by atoms with Gasteiger partial charge in [-0.1, -0.05) is 23.7 Å². The van der Waals surface area contributed by atoms with Crippen LogP contribution in [-0.4, -0.2) is 42.3 Å². The van der Waals surface area contributed by atoms with E-state index in [4.69, 9.17) is 16.7 Å². The third-order valence-corrected chi connectivity index (χ3v) is 3.97. The van der Waals surface area contributed by atoms with Crippen molar-refractivity contribution in [1.29, 1.82) is 0 Å². The van der Waals surface area contributed by atoms with Gasteiger partial charge in [0.15, 0.2) is 0 Å². The van der Waals surface area contributed by atoms with E-state index in [1.807, 2.05) is 29.2 Å². The van der Waals surface area contributed by atoms with Crippen LogP contribution in [0.3, 0.4) is 0 Å². The van der Waals surface area contributed by atoms with Crippen LogP contribution in [0, 0.1) is 5.92 Å². The van der Waals surface area contributed by atoms with Gasteiger partial charge in [0, 0.05) is 31.3 Å². The SMILES string of the molecule is O=C(NCCc1cccc(Cl)c1)N1CCC(CO)CC1. The number of nitrogens with one attached hydrogen (secondary N) is 1. The number of halogens is 1. The van der Waals surface area contributed by atoms with Crippen LogP contribution in [0.2, 0.25) is 5.02 Å². The Bertz CT molecular complexity index is 445. The molecule has 2 amide bonds. The van der Waals surface area contributed by atoms with Crippen LogP contribution in [0.25, 0.3) is 0 Å². The Kier molecular flexibility index (Phi) is 5.68. The summed E-state index contributed by atoms with van der Waals surface area (Å²) in [6.45, 7) is 2.30. The van der Waals surface area contributed by atoms with Gasteiger partial charge in [0.25, 0.3) is 0 Å². The third kappa shape index (κ3) is 4.39. The molecule has 1 aliphatic heterocycles. The smallest absolute Gasteiger partial charge is 0.317 e. The highest BCUT2D eigenvalue weighted by molar-refractivity contribution is 6.30. The molecule has 1 heterocycles. The molecule has 0 atom stereocenters. The number of urea groups is 1. The molecule has 20 heavy (non-hydrogen) atoms. The van der Waals surface area contributed by atoms with Gasteiger partial charge in [-0.2, -0.15) is 0 Å². The van der Waals surface area contributed by atoms with E-state index in [2.05, 4.69) is 5.32 Å². The monoisotopic (exact) mass is 296 g/mol. The topological polar surface area (TPSA) is 52.6 Å². The van der Waals surface area contributed by atoms with Crippen LogP contribution in [-0.2, 0) is 6.42 Å². The van der Waals surface area contributed by atoms with Gasteiger partial charge < -0.3 is 15.3 Å². The van der Waals surface area contributed by atoms with E-state index in [1.54, 1.807) is 0 Å². The van der Waals surface area contributed by atoms with Crippen LogP contribution < -0.4 is 5.32 Å². The number of aliphatic hydroxyl groups is 1. The lowest BCUT2D eigenvalue weighted by molar-refractivity contribution is 0.137. The predicted molar refractivity (Wildman–Crippen MR) is 79.9 cm³/mol. The van der Waals surface area contributed by atoms with Crippen molar-refractivity contribution in [1.82, 2.24) is 10.2 Å². The van der Waals surface area contributed by atoms with Gasteiger partial charge in [-0.3, -0.25) is 0 Å². The Morgan fingerprint density at radius 3 is 2.80 bits per heavy atom. The van der Waals surface area contributed by atoms with Crippen molar-refractivity contribution in [2.24, 2.45) is 5.92 Å². The van der Waals surface area contributed by atoms with Gasteiger partial charge in [-0.15, -0.1) is 0 Å². The summed E-state index contributed by atoms with van der Waals surface area (Å²) in [5, 5.41) is 12.7. The highest BCUT2D eigenvalue weighted by atomic mass is 35.5. The largest absolute Gasteiger partial charge is 0.396 e. The maximum atomic E-state index is 12.0. The van der Waals surface area contributed by atoms with Crippen LogP contribution in [0.15, 0.2) is 24.3 Å². The molecule has 0 spiro atoms. The molecule has 0 saturated carbocycles. The van der Waals surface area contributed by atoms with E-state index in [9.17, 15) is 4.79 Å². The number of aliphatic hydroxyl groups excluding tert-OH is 1. The highest BCUT2D eigenvalue weighted by Crippen LogP contribution is 2.16. The molecule has 1 aliphatic rings. The molecule has 2 N–H and O–H groups in total. The molecular weight excluding hydrogens is 276 g/mol. The van der Waals surface area contributed by atoms with Gasteiger partial charge in [0.1, 0.15) is 0 Å². The number of nitrogens with zero attached hydrogens (tertiary/aromatic N) is 1. The van der Waals surface area contributed by atoms with Crippen molar-refractivity contribution < 1.29 is 9.90 Å². The standard InChI is InChI=1S/C15H21ClN2O2/c16-14-3-1-2-12(10-14)4-7-17-15(20)18-8-5-13(11-19)6-9-18/h1-3,10,13,19H,4-9,11H2,(H,17,20). The van der Waals surface area contributed by atoms with Crippen molar-refractivity contribution in [3.63, 3.8) is 0 Å². The van der Waals surface area contributed by atoms with Crippen molar-refractivity contribution in [3.05, 3.63) is 34.9 Å². The highest BCUT2D eigenvalue weighted by Gasteiger charge is 2.21. The molecule has 1 fully saturated rings. The number of hydrogen-bond acceptors (Lipinski definition) is 2. The normalized spacial score (nSPS) is 16.2. The second-order valence-electron chi connectivity index (χ2n) is 5.22. The van der Waals surface area contributed by atoms with Crippen LogP contribution in [0.1, 0.15) is 18.4 Å². The summed E-state index contributed by atoms with van der Waals surface area (Å²) in [7, 11) is 0.